The molecule has 0 unspecified atom stereocenters. The maximum atomic E-state index is 2.47. The van der Waals surface area contributed by atoms with Crippen LogP contribution in [0.3, 0.4) is 0 Å². The van der Waals surface area contributed by atoms with E-state index in [2.05, 4.69) is 252 Å². The van der Waals surface area contributed by atoms with Crippen molar-refractivity contribution in [1.82, 2.24) is 4.57 Å². The molecule has 0 atom stereocenters. The lowest BCUT2D eigenvalue weighted by Crippen LogP contribution is -2.11. The molecule has 0 aliphatic rings. The standard InChI is InChI=1S/C60H40N2/c1-3-17-41(18-4-1)50-30-14-20-43-21-15-32-56(60(43)50)54-28-10-11-33-57(54)61(47-36-38-55-53-27-9-12-34-58(53)62(59(55)40-47)45-23-5-2-6-24-45)46-25-13-22-44(39-46)49-29-16-31-51-48-26-8-7-19-42(48)35-37-52(49)51/h1-40H. The molecule has 1 heterocycles. The Labute approximate surface area is 360 Å². The molecule has 0 bridgehead atoms. The van der Waals surface area contributed by atoms with Gasteiger partial charge in [0.1, 0.15) is 0 Å². The maximum absolute atomic E-state index is 2.47. The topological polar surface area (TPSA) is 8.17 Å². The lowest BCUT2D eigenvalue weighted by Gasteiger charge is -2.29. The Morgan fingerprint density at radius 3 is 1.74 bits per heavy atom. The highest BCUT2D eigenvalue weighted by atomic mass is 15.1. The van der Waals surface area contributed by atoms with Crippen LogP contribution in [0.2, 0.25) is 0 Å². The zero-order valence-electron chi connectivity index (χ0n) is 34.0. The molecule has 12 rings (SSSR count). The van der Waals surface area contributed by atoms with Gasteiger partial charge in [-0.25, -0.2) is 0 Å². The van der Waals surface area contributed by atoms with Crippen molar-refractivity contribution < 1.29 is 0 Å². The monoisotopic (exact) mass is 788 g/mol. The summed E-state index contributed by atoms with van der Waals surface area (Å²) in [6.45, 7) is 0. The summed E-state index contributed by atoms with van der Waals surface area (Å²) in [4.78, 5) is 2.47. The first-order chi connectivity index (χ1) is 30.8. The number of anilines is 3. The molecule has 0 saturated heterocycles. The summed E-state index contributed by atoms with van der Waals surface area (Å²) in [5.74, 6) is 0. The molecule has 0 aliphatic heterocycles. The van der Waals surface area contributed by atoms with Crippen LogP contribution < -0.4 is 4.90 Å². The number of benzene rings is 11. The van der Waals surface area contributed by atoms with Crippen molar-refractivity contribution in [2.45, 2.75) is 0 Å². The molecule has 0 spiro atoms. The average molecular weight is 789 g/mol. The number of hydrogen-bond donors (Lipinski definition) is 0. The predicted octanol–water partition coefficient (Wildman–Crippen LogP) is 16.7. The van der Waals surface area contributed by atoms with Crippen LogP contribution in [0.25, 0.3) is 93.2 Å². The number of rotatable bonds is 7. The summed E-state index contributed by atoms with van der Waals surface area (Å²) in [7, 11) is 0. The number of para-hydroxylation sites is 3. The van der Waals surface area contributed by atoms with Crippen LogP contribution in [0, 0.1) is 0 Å². The highest BCUT2D eigenvalue weighted by molar-refractivity contribution is 6.14. The van der Waals surface area contributed by atoms with E-state index in [1.165, 1.54) is 76.4 Å². The second-order valence-electron chi connectivity index (χ2n) is 16.1. The molecule has 0 aliphatic carbocycles. The van der Waals surface area contributed by atoms with Crippen LogP contribution in [-0.2, 0) is 0 Å². The molecule has 0 fully saturated rings. The predicted molar refractivity (Wildman–Crippen MR) is 264 cm³/mol. The van der Waals surface area contributed by atoms with Crippen LogP contribution in [0.15, 0.2) is 243 Å². The van der Waals surface area contributed by atoms with E-state index in [1.54, 1.807) is 0 Å². The summed E-state index contributed by atoms with van der Waals surface area (Å²) in [6, 6.07) is 88.6. The van der Waals surface area contributed by atoms with Gasteiger partial charge in [0, 0.05) is 33.4 Å². The summed E-state index contributed by atoms with van der Waals surface area (Å²) < 4.78 is 2.41. The molecule has 2 heteroatoms. The summed E-state index contributed by atoms with van der Waals surface area (Å²) >= 11 is 0. The van der Waals surface area contributed by atoms with E-state index in [-0.39, 0.29) is 0 Å². The quantitative estimate of drug-likeness (QED) is 0.146. The number of aromatic nitrogens is 1. The zero-order valence-corrected chi connectivity index (χ0v) is 34.0. The molecule has 12 aromatic rings. The largest absolute Gasteiger partial charge is 0.310 e. The van der Waals surface area contributed by atoms with E-state index in [4.69, 9.17) is 0 Å². The second kappa shape index (κ2) is 14.8. The van der Waals surface area contributed by atoms with Gasteiger partial charge in [-0.3, -0.25) is 0 Å². The lowest BCUT2D eigenvalue weighted by atomic mass is 9.90. The Kier molecular flexibility index (Phi) is 8.53. The normalized spacial score (nSPS) is 11.5. The van der Waals surface area contributed by atoms with Gasteiger partial charge in [0.25, 0.3) is 0 Å². The summed E-state index contributed by atoms with van der Waals surface area (Å²) in [6.07, 6.45) is 0. The molecule has 1 aromatic heterocycles. The smallest absolute Gasteiger partial charge is 0.0561 e. The molecule has 0 saturated carbocycles. The van der Waals surface area contributed by atoms with Gasteiger partial charge in [-0.15, -0.1) is 0 Å². The average Bonchev–Trinajstić information content (AvgIpc) is 3.68. The van der Waals surface area contributed by atoms with Crippen molar-refractivity contribution in [3.63, 3.8) is 0 Å². The molecule has 11 aromatic carbocycles. The third kappa shape index (κ3) is 5.88. The third-order valence-corrected chi connectivity index (χ3v) is 12.6. The second-order valence-corrected chi connectivity index (χ2v) is 16.1. The van der Waals surface area contributed by atoms with Crippen LogP contribution in [0.4, 0.5) is 17.1 Å². The Bertz CT molecular complexity index is 3630. The van der Waals surface area contributed by atoms with E-state index < -0.39 is 0 Å². The fourth-order valence-electron chi connectivity index (χ4n) is 9.81. The van der Waals surface area contributed by atoms with Gasteiger partial charge >= 0.3 is 0 Å². The van der Waals surface area contributed by atoms with Crippen molar-refractivity contribution in [1.29, 1.82) is 0 Å². The van der Waals surface area contributed by atoms with Gasteiger partial charge in [-0.1, -0.05) is 194 Å². The Hall–Kier alpha value is -8.20. The van der Waals surface area contributed by atoms with Gasteiger partial charge in [-0.05, 0) is 109 Å². The van der Waals surface area contributed by atoms with Gasteiger partial charge in [0.15, 0.2) is 0 Å². The first-order valence-corrected chi connectivity index (χ1v) is 21.3. The van der Waals surface area contributed by atoms with Crippen molar-refractivity contribution >= 4 is 71.2 Å². The van der Waals surface area contributed by atoms with Gasteiger partial charge in [-0.2, -0.15) is 0 Å². The summed E-state index contributed by atoms with van der Waals surface area (Å²) in [5.41, 5.74) is 13.9. The molecule has 0 N–H and O–H groups in total. The van der Waals surface area contributed by atoms with E-state index in [0.29, 0.717) is 0 Å². The number of nitrogens with zero attached hydrogens (tertiary/aromatic N) is 2. The Morgan fingerprint density at radius 2 is 0.871 bits per heavy atom. The molecule has 2 nitrogen and oxygen atoms in total. The fraction of sp³-hybridized carbons (Fsp3) is 0. The SMILES string of the molecule is c1ccc(-c2cccc3cccc(-c4ccccc4N(c4cccc(-c5cccc6c5ccc5ccccc56)c4)c4ccc5c6ccccc6n(-c6ccccc6)c5c4)c23)cc1. The summed E-state index contributed by atoms with van der Waals surface area (Å²) in [5, 5.41) is 9.94. The maximum Gasteiger partial charge on any atom is 0.0561 e. The van der Waals surface area contributed by atoms with Crippen molar-refractivity contribution in [2.75, 3.05) is 4.90 Å². The molecule has 0 radical (unpaired) electrons. The molecule has 0 amide bonds. The minimum Gasteiger partial charge on any atom is -0.310 e. The van der Waals surface area contributed by atoms with Crippen molar-refractivity contribution in [3.05, 3.63) is 243 Å². The van der Waals surface area contributed by atoms with Gasteiger partial charge < -0.3 is 9.47 Å². The van der Waals surface area contributed by atoms with Crippen LogP contribution in [0.1, 0.15) is 0 Å². The highest BCUT2D eigenvalue weighted by Gasteiger charge is 2.22. The first-order valence-electron chi connectivity index (χ1n) is 21.3. The molecular weight excluding hydrogens is 749 g/mol. The van der Waals surface area contributed by atoms with E-state index in [9.17, 15) is 0 Å². The highest BCUT2D eigenvalue weighted by Crippen LogP contribution is 2.47. The minimum atomic E-state index is 1.08. The molecule has 62 heavy (non-hydrogen) atoms. The molecule has 290 valence electrons. The first kappa shape index (κ1) is 35.7. The zero-order chi connectivity index (χ0) is 41.0. The molecular formula is C60H40N2. The Morgan fingerprint density at radius 1 is 0.290 bits per heavy atom. The van der Waals surface area contributed by atoms with Gasteiger partial charge in [0.2, 0.25) is 0 Å². The van der Waals surface area contributed by atoms with Crippen molar-refractivity contribution in [2.24, 2.45) is 0 Å². The number of fused-ring (bicyclic) bond motifs is 7. The fourth-order valence-corrected chi connectivity index (χ4v) is 9.81. The van der Waals surface area contributed by atoms with E-state index in [1.807, 2.05) is 0 Å². The van der Waals surface area contributed by atoms with Crippen LogP contribution >= 0.6 is 0 Å². The lowest BCUT2D eigenvalue weighted by molar-refractivity contribution is 1.18. The minimum absolute atomic E-state index is 1.08. The van der Waals surface area contributed by atoms with E-state index in [0.717, 1.165) is 33.8 Å². The van der Waals surface area contributed by atoms with Crippen LogP contribution in [-0.4, -0.2) is 4.57 Å². The Balaban J connectivity index is 1.13. The number of hydrogen-bond acceptors (Lipinski definition) is 1. The van der Waals surface area contributed by atoms with Crippen LogP contribution in [0.5, 0.6) is 0 Å². The van der Waals surface area contributed by atoms with Crippen molar-refractivity contribution in [3.8, 4) is 39.1 Å². The van der Waals surface area contributed by atoms with E-state index >= 15 is 0 Å². The third-order valence-electron chi connectivity index (χ3n) is 12.6. The van der Waals surface area contributed by atoms with Gasteiger partial charge in [0.05, 0.1) is 16.7 Å².